The third-order valence-corrected chi connectivity index (χ3v) is 4.47. The third-order valence-electron chi connectivity index (χ3n) is 2.99. The van der Waals surface area contributed by atoms with E-state index in [1.807, 2.05) is 18.2 Å². The van der Waals surface area contributed by atoms with Crippen LogP contribution in [0.5, 0.6) is 0 Å². The molecule has 0 saturated carbocycles. The van der Waals surface area contributed by atoms with Crippen molar-refractivity contribution in [3.63, 3.8) is 0 Å². The smallest absolute Gasteiger partial charge is 0.252 e. The molecule has 0 fully saturated rings. The number of halogens is 1. The number of ether oxygens (including phenoxy) is 1. The number of hydrogen-bond donors (Lipinski definition) is 0. The van der Waals surface area contributed by atoms with E-state index in [9.17, 15) is 4.79 Å². The van der Waals surface area contributed by atoms with Crippen molar-refractivity contribution in [2.24, 2.45) is 0 Å². The Kier molecular flexibility index (Phi) is 3.18. The van der Waals surface area contributed by atoms with Crippen molar-refractivity contribution in [2.45, 2.75) is 24.3 Å². The summed E-state index contributed by atoms with van der Waals surface area (Å²) in [6.07, 6.45) is 6.24. The molecule has 0 spiro atoms. The summed E-state index contributed by atoms with van der Waals surface area (Å²) in [5.41, 5.74) is 1.55. The lowest BCUT2D eigenvalue weighted by molar-refractivity contribution is 0.108. The van der Waals surface area contributed by atoms with Gasteiger partial charge in [-0.3, -0.25) is 4.79 Å². The first-order valence-electron chi connectivity index (χ1n) is 5.77. The van der Waals surface area contributed by atoms with Gasteiger partial charge >= 0.3 is 0 Å². The van der Waals surface area contributed by atoms with E-state index in [2.05, 4.69) is 6.08 Å². The van der Waals surface area contributed by atoms with Crippen LogP contribution < -0.4 is 0 Å². The summed E-state index contributed by atoms with van der Waals surface area (Å²) in [7, 11) is 0. The van der Waals surface area contributed by atoms with Crippen LogP contribution in [0, 0.1) is 0 Å². The van der Waals surface area contributed by atoms with Crippen LogP contribution in [-0.4, -0.2) is 5.24 Å². The predicted molar refractivity (Wildman–Crippen MR) is 72.7 cm³/mol. The van der Waals surface area contributed by atoms with Crippen molar-refractivity contribution in [1.29, 1.82) is 0 Å². The van der Waals surface area contributed by atoms with Gasteiger partial charge in [0, 0.05) is 20.9 Å². The molecule has 0 radical (unpaired) electrons. The molecule has 1 aromatic rings. The Bertz CT molecular complexity index is 575. The van der Waals surface area contributed by atoms with Crippen LogP contribution in [0.1, 0.15) is 28.8 Å². The SMILES string of the molecule is O=C(Cl)c1ccc2c(c1)COC1=C(CCC=C1)S2. The monoisotopic (exact) mass is 278 g/mol. The fourth-order valence-electron chi connectivity index (χ4n) is 2.05. The number of allylic oxidation sites excluding steroid dienone is 3. The normalized spacial score (nSPS) is 17.6. The van der Waals surface area contributed by atoms with Crippen molar-refractivity contribution >= 4 is 28.6 Å². The zero-order valence-corrected chi connectivity index (χ0v) is 11.2. The Hall–Kier alpha value is -1.19. The first-order valence-corrected chi connectivity index (χ1v) is 6.96. The lowest BCUT2D eigenvalue weighted by Gasteiger charge is -2.11. The summed E-state index contributed by atoms with van der Waals surface area (Å²) < 4.78 is 5.79. The summed E-state index contributed by atoms with van der Waals surface area (Å²) in [6.45, 7) is 0.490. The maximum atomic E-state index is 11.2. The number of rotatable bonds is 1. The minimum Gasteiger partial charge on any atom is -0.488 e. The lowest BCUT2D eigenvalue weighted by Crippen LogP contribution is -1.96. The Labute approximate surface area is 115 Å². The summed E-state index contributed by atoms with van der Waals surface area (Å²) in [6, 6.07) is 5.54. The van der Waals surface area contributed by atoms with Gasteiger partial charge in [-0.2, -0.15) is 0 Å². The Morgan fingerprint density at radius 1 is 1.39 bits per heavy atom. The summed E-state index contributed by atoms with van der Waals surface area (Å²) in [4.78, 5) is 13.6. The molecule has 0 bridgehead atoms. The zero-order valence-electron chi connectivity index (χ0n) is 9.61. The van der Waals surface area contributed by atoms with Gasteiger partial charge in [0.25, 0.3) is 5.24 Å². The molecule has 0 unspecified atom stereocenters. The van der Waals surface area contributed by atoms with E-state index < -0.39 is 5.24 Å². The Morgan fingerprint density at radius 2 is 2.28 bits per heavy atom. The predicted octanol–water partition coefficient (Wildman–Crippen LogP) is 4.25. The Balaban J connectivity index is 1.97. The molecule has 0 N–H and O–H groups in total. The van der Waals surface area contributed by atoms with E-state index in [-0.39, 0.29) is 0 Å². The average molecular weight is 279 g/mol. The second-order valence-corrected chi connectivity index (χ2v) is 5.70. The molecule has 0 aromatic heterocycles. The van der Waals surface area contributed by atoms with Crippen LogP contribution in [0.3, 0.4) is 0 Å². The van der Waals surface area contributed by atoms with E-state index >= 15 is 0 Å². The van der Waals surface area contributed by atoms with Gasteiger partial charge in [-0.15, -0.1) is 0 Å². The molecule has 0 saturated heterocycles. The van der Waals surface area contributed by atoms with Crippen LogP contribution in [0.25, 0.3) is 0 Å². The van der Waals surface area contributed by atoms with E-state index in [4.69, 9.17) is 16.3 Å². The highest BCUT2D eigenvalue weighted by atomic mass is 35.5. The molecule has 1 aliphatic heterocycles. The van der Waals surface area contributed by atoms with Gasteiger partial charge in [0.1, 0.15) is 12.4 Å². The molecule has 1 aliphatic carbocycles. The van der Waals surface area contributed by atoms with Gasteiger partial charge in [-0.1, -0.05) is 17.8 Å². The number of carbonyl (C=O) groups is 1. The number of fused-ring (bicyclic) bond motifs is 1. The number of thioether (sulfide) groups is 1. The van der Waals surface area contributed by atoms with Crippen LogP contribution >= 0.6 is 23.4 Å². The van der Waals surface area contributed by atoms with Crippen molar-refractivity contribution < 1.29 is 9.53 Å². The highest BCUT2D eigenvalue weighted by molar-refractivity contribution is 8.03. The quantitative estimate of drug-likeness (QED) is 0.719. The fourth-order valence-corrected chi connectivity index (χ4v) is 3.27. The molecule has 1 aromatic carbocycles. The number of carbonyl (C=O) groups excluding carboxylic acids is 1. The molecule has 4 heteroatoms. The Morgan fingerprint density at radius 3 is 3.11 bits per heavy atom. The molecular formula is C14H11ClO2S. The van der Waals surface area contributed by atoms with Crippen LogP contribution in [0.2, 0.25) is 0 Å². The molecule has 0 amide bonds. The van der Waals surface area contributed by atoms with Gasteiger partial charge < -0.3 is 4.74 Å². The number of benzene rings is 1. The minimum atomic E-state index is -0.426. The van der Waals surface area contributed by atoms with E-state index in [1.165, 1.54) is 4.91 Å². The van der Waals surface area contributed by atoms with Crippen LogP contribution in [-0.2, 0) is 11.3 Å². The molecule has 0 atom stereocenters. The zero-order chi connectivity index (χ0) is 12.5. The largest absolute Gasteiger partial charge is 0.488 e. The van der Waals surface area contributed by atoms with E-state index in [1.54, 1.807) is 17.8 Å². The molecule has 2 nitrogen and oxygen atoms in total. The first kappa shape index (κ1) is 11.9. The first-order chi connectivity index (χ1) is 8.74. The lowest BCUT2D eigenvalue weighted by atomic mass is 10.1. The summed E-state index contributed by atoms with van der Waals surface area (Å²) in [5.74, 6) is 0.959. The van der Waals surface area contributed by atoms with Gasteiger partial charge in [-0.05, 0) is 48.7 Å². The minimum absolute atomic E-state index is 0.426. The standard InChI is InChI=1S/C14H11ClO2S/c15-14(16)9-5-6-12-10(7-9)8-17-11-3-1-2-4-13(11)18-12/h1,3,5-7H,2,4,8H2. The van der Waals surface area contributed by atoms with Crippen LogP contribution in [0.15, 0.2) is 45.9 Å². The molecule has 1 heterocycles. The molecule has 3 rings (SSSR count). The van der Waals surface area contributed by atoms with E-state index in [0.29, 0.717) is 12.2 Å². The number of hydrogen-bond acceptors (Lipinski definition) is 3. The van der Waals surface area contributed by atoms with Crippen LogP contribution in [0.4, 0.5) is 0 Å². The highest BCUT2D eigenvalue weighted by Gasteiger charge is 2.19. The maximum Gasteiger partial charge on any atom is 0.252 e. The van der Waals surface area contributed by atoms with Crippen molar-refractivity contribution in [3.8, 4) is 0 Å². The van der Waals surface area contributed by atoms with Gasteiger partial charge in [0.05, 0.1) is 0 Å². The summed E-state index contributed by atoms with van der Waals surface area (Å²) >= 11 is 7.23. The molecule has 2 aliphatic rings. The molecule has 92 valence electrons. The molecule has 18 heavy (non-hydrogen) atoms. The van der Waals surface area contributed by atoms with Gasteiger partial charge in [-0.25, -0.2) is 0 Å². The van der Waals surface area contributed by atoms with Crippen molar-refractivity contribution in [3.05, 3.63) is 52.1 Å². The second-order valence-electron chi connectivity index (χ2n) is 4.22. The second kappa shape index (κ2) is 4.82. The van der Waals surface area contributed by atoms with Crippen molar-refractivity contribution in [2.75, 3.05) is 0 Å². The summed E-state index contributed by atoms with van der Waals surface area (Å²) in [5, 5.41) is -0.426. The third kappa shape index (κ3) is 2.20. The van der Waals surface area contributed by atoms with Gasteiger partial charge in [0.15, 0.2) is 0 Å². The average Bonchev–Trinajstić information content (AvgIpc) is 2.56. The maximum absolute atomic E-state index is 11.2. The van der Waals surface area contributed by atoms with E-state index in [0.717, 1.165) is 29.1 Å². The topological polar surface area (TPSA) is 26.3 Å². The molecular weight excluding hydrogens is 268 g/mol. The van der Waals surface area contributed by atoms with Crippen molar-refractivity contribution in [1.82, 2.24) is 0 Å². The fraction of sp³-hybridized carbons (Fsp3) is 0.214. The highest BCUT2D eigenvalue weighted by Crippen LogP contribution is 2.40. The van der Waals surface area contributed by atoms with Gasteiger partial charge in [0.2, 0.25) is 0 Å².